The summed E-state index contributed by atoms with van der Waals surface area (Å²) in [5.74, 6) is 0. The summed E-state index contributed by atoms with van der Waals surface area (Å²) >= 11 is 11.5. The van der Waals surface area contributed by atoms with Crippen molar-refractivity contribution in [2.45, 2.75) is 4.90 Å². The second-order valence-corrected chi connectivity index (χ2v) is 6.20. The Morgan fingerprint density at radius 2 is 1.76 bits per heavy atom. The molecule has 5 nitrogen and oxygen atoms in total. The number of nitrogens with one attached hydrogen (secondary N) is 1. The fourth-order valence-electron chi connectivity index (χ4n) is 0.963. The van der Waals surface area contributed by atoms with E-state index in [1.807, 2.05) is 0 Å². The normalized spacial score (nSPS) is 11.1. The lowest BCUT2D eigenvalue weighted by molar-refractivity contribution is 0.187. The molecule has 0 spiro atoms. The molecular weight excluding hydrogens is 313 g/mol. The minimum atomic E-state index is -3.94. The Morgan fingerprint density at radius 3 is 2.12 bits per heavy atom. The molecular formula is C8H6Cl3NO4S. The highest BCUT2D eigenvalue weighted by Crippen LogP contribution is 2.34. The summed E-state index contributed by atoms with van der Waals surface area (Å²) in [4.78, 5) is 10.7. The van der Waals surface area contributed by atoms with Crippen molar-refractivity contribution in [2.75, 3.05) is 12.4 Å². The predicted octanol–water partition coefficient (Wildman–Crippen LogP) is 3.10. The molecule has 0 unspecified atom stereocenters. The number of hydrogen-bond donors (Lipinski definition) is 1. The number of amides is 1. The van der Waals surface area contributed by atoms with Crippen molar-refractivity contribution in [2.24, 2.45) is 0 Å². The van der Waals surface area contributed by atoms with Gasteiger partial charge in [0.2, 0.25) is 0 Å². The van der Waals surface area contributed by atoms with E-state index in [0.717, 1.165) is 19.2 Å². The highest BCUT2D eigenvalue weighted by Gasteiger charge is 2.17. The largest absolute Gasteiger partial charge is 0.453 e. The average molecular weight is 319 g/mol. The van der Waals surface area contributed by atoms with Gasteiger partial charge < -0.3 is 4.74 Å². The second kappa shape index (κ2) is 5.30. The Morgan fingerprint density at radius 1 is 1.29 bits per heavy atom. The van der Waals surface area contributed by atoms with Crippen LogP contribution in [0.3, 0.4) is 0 Å². The Kier molecular flexibility index (Phi) is 4.48. The SMILES string of the molecule is COC(=O)Nc1c(Cl)cc(S(=O)(=O)Cl)cc1Cl. The summed E-state index contributed by atoms with van der Waals surface area (Å²) < 4.78 is 26.5. The molecule has 0 aliphatic rings. The van der Waals surface area contributed by atoms with Crippen LogP contribution >= 0.6 is 33.9 Å². The van der Waals surface area contributed by atoms with Gasteiger partial charge in [-0.15, -0.1) is 0 Å². The Bertz CT molecular complexity index is 535. The van der Waals surface area contributed by atoms with Crippen molar-refractivity contribution in [3.8, 4) is 0 Å². The van der Waals surface area contributed by atoms with Gasteiger partial charge in [-0.1, -0.05) is 23.2 Å². The maximum absolute atomic E-state index is 11.1. The highest BCUT2D eigenvalue weighted by atomic mass is 35.7. The van der Waals surface area contributed by atoms with E-state index in [-0.39, 0.29) is 20.6 Å². The summed E-state index contributed by atoms with van der Waals surface area (Å²) in [5.41, 5.74) is 0.0456. The van der Waals surface area contributed by atoms with Gasteiger partial charge in [-0.3, -0.25) is 5.32 Å². The van der Waals surface area contributed by atoms with E-state index in [9.17, 15) is 13.2 Å². The van der Waals surface area contributed by atoms with Crippen LogP contribution in [0.15, 0.2) is 17.0 Å². The van der Waals surface area contributed by atoms with Crippen molar-refractivity contribution >= 4 is 54.7 Å². The Labute approximate surface area is 112 Å². The first-order valence-electron chi connectivity index (χ1n) is 4.04. The lowest BCUT2D eigenvalue weighted by Crippen LogP contribution is -2.12. The first-order valence-corrected chi connectivity index (χ1v) is 7.11. The van der Waals surface area contributed by atoms with Gasteiger partial charge in [-0.25, -0.2) is 13.2 Å². The summed E-state index contributed by atoms with van der Waals surface area (Å²) in [5, 5.41) is 2.11. The molecule has 1 aromatic carbocycles. The number of carbonyl (C=O) groups excluding carboxylic acids is 1. The van der Waals surface area contributed by atoms with Gasteiger partial charge >= 0.3 is 6.09 Å². The van der Waals surface area contributed by atoms with Gasteiger partial charge in [0.25, 0.3) is 9.05 Å². The summed E-state index contributed by atoms with van der Waals surface area (Å²) in [6.45, 7) is 0. The molecule has 0 aliphatic heterocycles. The van der Waals surface area contributed by atoms with Crippen molar-refractivity contribution in [1.29, 1.82) is 0 Å². The minimum Gasteiger partial charge on any atom is -0.453 e. The van der Waals surface area contributed by atoms with Gasteiger partial charge in [0, 0.05) is 10.7 Å². The molecule has 0 bridgehead atoms. The van der Waals surface area contributed by atoms with Gasteiger partial charge in [0.05, 0.1) is 27.7 Å². The van der Waals surface area contributed by atoms with Crippen molar-refractivity contribution in [1.82, 2.24) is 0 Å². The molecule has 0 fully saturated rings. The van der Waals surface area contributed by atoms with E-state index in [1.165, 1.54) is 0 Å². The number of ether oxygens (including phenoxy) is 1. The van der Waals surface area contributed by atoms with Crippen LogP contribution in [0.4, 0.5) is 10.5 Å². The van der Waals surface area contributed by atoms with Crippen molar-refractivity contribution in [3.05, 3.63) is 22.2 Å². The van der Waals surface area contributed by atoms with Crippen molar-refractivity contribution in [3.63, 3.8) is 0 Å². The molecule has 0 saturated heterocycles. The fraction of sp³-hybridized carbons (Fsp3) is 0.125. The van der Waals surface area contributed by atoms with Crippen molar-refractivity contribution < 1.29 is 17.9 Å². The molecule has 1 rings (SSSR count). The van der Waals surface area contributed by atoms with Crippen LogP contribution in [0, 0.1) is 0 Å². The lowest BCUT2D eigenvalue weighted by atomic mass is 10.3. The van der Waals surface area contributed by atoms with Crippen LogP contribution in [-0.4, -0.2) is 21.6 Å². The molecule has 9 heteroatoms. The van der Waals surface area contributed by atoms with Gasteiger partial charge in [0.15, 0.2) is 0 Å². The quantitative estimate of drug-likeness (QED) is 0.850. The van der Waals surface area contributed by atoms with Crippen LogP contribution in [0.5, 0.6) is 0 Å². The first-order chi connectivity index (χ1) is 7.75. The molecule has 1 N–H and O–H groups in total. The third-order valence-electron chi connectivity index (χ3n) is 1.71. The molecule has 1 aromatic rings. The van der Waals surface area contributed by atoms with E-state index in [1.54, 1.807) is 0 Å². The Balaban J connectivity index is 3.25. The number of hydrogen-bond acceptors (Lipinski definition) is 4. The topological polar surface area (TPSA) is 72.5 Å². The van der Waals surface area contributed by atoms with Gasteiger partial charge in [0.1, 0.15) is 0 Å². The number of carbonyl (C=O) groups is 1. The van der Waals surface area contributed by atoms with Gasteiger partial charge in [-0.2, -0.15) is 0 Å². The summed E-state index contributed by atoms with van der Waals surface area (Å²) in [6, 6.07) is 2.14. The van der Waals surface area contributed by atoms with Gasteiger partial charge in [-0.05, 0) is 12.1 Å². The number of methoxy groups -OCH3 is 1. The standard InChI is InChI=1S/C8H6Cl3NO4S/c1-16-8(13)12-7-5(9)2-4(3-6(7)10)17(11,14)15/h2-3H,1H3,(H,12,13). The van der Waals surface area contributed by atoms with E-state index in [2.05, 4.69) is 10.1 Å². The lowest BCUT2D eigenvalue weighted by Gasteiger charge is -2.09. The average Bonchev–Trinajstić information content (AvgIpc) is 2.21. The monoisotopic (exact) mass is 317 g/mol. The van der Waals surface area contributed by atoms with E-state index in [0.29, 0.717) is 0 Å². The van der Waals surface area contributed by atoms with E-state index in [4.69, 9.17) is 33.9 Å². The molecule has 0 aliphatic carbocycles. The number of rotatable bonds is 2. The fourth-order valence-corrected chi connectivity index (χ4v) is 2.46. The number of halogens is 3. The molecule has 0 heterocycles. The maximum Gasteiger partial charge on any atom is 0.411 e. The molecule has 94 valence electrons. The van der Waals surface area contributed by atoms with Crippen LogP contribution in [0.2, 0.25) is 10.0 Å². The molecule has 0 aromatic heterocycles. The van der Waals surface area contributed by atoms with Crippen LogP contribution in [0.1, 0.15) is 0 Å². The smallest absolute Gasteiger partial charge is 0.411 e. The molecule has 1 amide bonds. The summed E-state index contributed by atoms with van der Waals surface area (Å²) in [7, 11) is 2.35. The van der Waals surface area contributed by atoms with Crippen LogP contribution in [0.25, 0.3) is 0 Å². The molecule has 0 atom stereocenters. The maximum atomic E-state index is 11.1. The van der Waals surface area contributed by atoms with Crippen LogP contribution in [-0.2, 0) is 13.8 Å². The minimum absolute atomic E-state index is 0.0456. The third kappa shape index (κ3) is 3.64. The molecule has 17 heavy (non-hydrogen) atoms. The van der Waals surface area contributed by atoms with E-state index < -0.39 is 15.1 Å². The first kappa shape index (κ1) is 14.4. The molecule has 0 saturated carbocycles. The molecule has 0 radical (unpaired) electrons. The zero-order valence-corrected chi connectivity index (χ0v) is 11.4. The zero-order valence-electron chi connectivity index (χ0n) is 8.33. The number of benzene rings is 1. The second-order valence-electron chi connectivity index (χ2n) is 2.82. The number of anilines is 1. The summed E-state index contributed by atoms with van der Waals surface area (Å²) in [6.07, 6.45) is -0.782. The highest BCUT2D eigenvalue weighted by molar-refractivity contribution is 8.13. The predicted molar refractivity (Wildman–Crippen MR) is 65.5 cm³/mol. The Hall–Kier alpha value is -0.690. The zero-order chi connectivity index (χ0) is 13.2. The third-order valence-corrected chi connectivity index (χ3v) is 3.64. The van der Waals surface area contributed by atoms with Crippen LogP contribution < -0.4 is 5.32 Å². The van der Waals surface area contributed by atoms with E-state index >= 15 is 0 Å².